The van der Waals surface area contributed by atoms with Gasteiger partial charge in [0.05, 0.1) is 12.7 Å². The van der Waals surface area contributed by atoms with E-state index in [9.17, 15) is 4.79 Å². The molecule has 0 aliphatic heterocycles. The van der Waals surface area contributed by atoms with Crippen LogP contribution in [0.4, 0.5) is 5.69 Å². The summed E-state index contributed by atoms with van der Waals surface area (Å²) in [6.07, 6.45) is 5.32. The number of ether oxygens (including phenoxy) is 1. The van der Waals surface area contributed by atoms with Gasteiger partial charge in [0.2, 0.25) is 0 Å². The predicted octanol–water partition coefficient (Wildman–Crippen LogP) is 2.95. The van der Waals surface area contributed by atoms with Gasteiger partial charge in [-0.05, 0) is 67.6 Å². The molecular weight excluding hydrogens is 284 g/mol. The lowest BCUT2D eigenvalue weighted by Gasteiger charge is -2.24. The molecule has 0 unspecified atom stereocenters. The van der Waals surface area contributed by atoms with E-state index in [1.54, 1.807) is 12.1 Å². The molecule has 2 aliphatic rings. The highest BCUT2D eigenvalue weighted by atomic mass is 32.1. The van der Waals surface area contributed by atoms with Gasteiger partial charge in [-0.15, -0.1) is 0 Å². The number of anilines is 1. The van der Waals surface area contributed by atoms with Crippen LogP contribution in [0.3, 0.4) is 0 Å². The lowest BCUT2D eigenvalue weighted by atomic mass is 9.96. The van der Waals surface area contributed by atoms with Gasteiger partial charge >= 0.3 is 5.97 Å². The smallest absolute Gasteiger partial charge is 0.337 e. The number of carbonyl (C=O) groups excluding carboxylic acids is 1. The van der Waals surface area contributed by atoms with Crippen molar-refractivity contribution in [3.8, 4) is 0 Å². The third-order valence-corrected chi connectivity index (χ3v) is 4.84. The van der Waals surface area contributed by atoms with E-state index in [0.29, 0.717) is 16.7 Å². The lowest BCUT2D eigenvalue weighted by Crippen LogP contribution is -2.40. The predicted molar refractivity (Wildman–Crippen MR) is 86.4 cm³/mol. The molecular formula is C16H20N2O2S. The molecule has 1 aromatic rings. The van der Waals surface area contributed by atoms with Crippen LogP contribution < -0.4 is 10.6 Å². The molecule has 3 atom stereocenters. The van der Waals surface area contributed by atoms with Crippen molar-refractivity contribution >= 4 is 29.0 Å². The zero-order valence-electron chi connectivity index (χ0n) is 12.1. The maximum absolute atomic E-state index is 11.4. The molecule has 2 saturated carbocycles. The number of esters is 1. The number of hydrogen-bond donors (Lipinski definition) is 2. The molecule has 2 fully saturated rings. The topological polar surface area (TPSA) is 50.4 Å². The van der Waals surface area contributed by atoms with Crippen LogP contribution >= 0.6 is 12.2 Å². The lowest BCUT2D eigenvalue weighted by molar-refractivity contribution is 0.0601. The molecule has 5 heteroatoms. The highest BCUT2D eigenvalue weighted by Gasteiger charge is 2.39. The second-order valence-corrected chi connectivity index (χ2v) is 6.36. The fourth-order valence-electron chi connectivity index (χ4n) is 3.56. The fourth-order valence-corrected chi connectivity index (χ4v) is 3.83. The normalized spacial score (nSPS) is 26.4. The van der Waals surface area contributed by atoms with Gasteiger partial charge in [0.15, 0.2) is 5.11 Å². The van der Waals surface area contributed by atoms with Crippen molar-refractivity contribution in [3.63, 3.8) is 0 Å². The summed E-state index contributed by atoms with van der Waals surface area (Å²) >= 11 is 5.38. The first kappa shape index (κ1) is 14.3. The van der Waals surface area contributed by atoms with Crippen molar-refractivity contribution in [2.75, 3.05) is 12.4 Å². The summed E-state index contributed by atoms with van der Waals surface area (Å²) in [6, 6.07) is 7.66. The van der Waals surface area contributed by atoms with E-state index >= 15 is 0 Å². The van der Waals surface area contributed by atoms with Crippen molar-refractivity contribution in [1.29, 1.82) is 0 Å². The van der Waals surface area contributed by atoms with Gasteiger partial charge in [-0.1, -0.05) is 6.42 Å². The molecule has 2 bridgehead atoms. The minimum absolute atomic E-state index is 0.329. The molecule has 1 aromatic carbocycles. The SMILES string of the molecule is COC(=O)c1ccc(NC(=S)N[C@H]2C[C@H]3CC[C@@H]2C3)cc1. The first-order valence-electron chi connectivity index (χ1n) is 7.41. The molecule has 0 amide bonds. The average Bonchev–Trinajstić information content (AvgIpc) is 3.09. The highest BCUT2D eigenvalue weighted by molar-refractivity contribution is 7.80. The summed E-state index contributed by atoms with van der Waals surface area (Å²) < 4.78 is 4.68. The van der Waals surface area contributed by atoms with Crippen LogP contribution in [0.25, 0.3) is 0 Å². The second kappa shape index (κ2) is 6.02. The molecule has 0 radical (unpaired) electrons. The van der Waals surface area contributed by atoms with Crippen LogP contribution in [0, 0.1) is 11.8 Å². The number of fused-ring (bicyclic) bond motifs is 2. The summed E-state index contributed by atoms with van der Waals surface area (Å²) in [5.41, 5.74) is 1.42. The summed E-state index contributed by atoms with van der Waals surface area (Å²) in [4.78, 5) is 11.4. The number of hydrogen-bond acceptors (Lipinski definition) is 3. The zero-order valence-corrected chi connectivity index (χ0v) is 12.9. The minimum atomic E-state index is -0.329. The van der Waals surface area contributed by atoms with E-state index in [1.807, 2.05) is 12.1 Å². The van der Waals surface area contributed by atoms with Gasteiger partial charge < -0.3 is 15.4 Å². The number of methoxy groups -OCH3 is 1. The maximum atomic E-state index is 11.4. The number of rotatable bonds is 3. The number of thiocarbonyl (C=S) groups is 1. The Morgan fingerprint density at radius 1 is 1.24 bits per heavy atom. The van der Waals surface area contributed by atoms with Crippen LogP contribution in [-0.4, -0.2) is 24.2 Å². The summed E-state index contributed by atoms with van der Waals surface area (Å²) in [5, 5.41) is 7.28. The summed E-state index contributed by atoms with van der Waals surface area (Å²) in [7, 11) is 1.38. The molecule has 2 N–H and O–H groups in total. The Balaban J connectivity index is 1.54. The van der Waals surface area contributed by atoms with E-state index in [-0.39, 0.29) is 5.97 Å². The monoisotopic (exact) mass is 304 g/mol. The Morgan fingerprint density at radius 3 is 2.57 bits per heavy atom. The molecule has 0 saturated heterocycles. The Hall–Kier alpha value is -1.62. The van der Waals surface area contributed by atoms with Gasteiger partial charge in [-0.3, -0.25) is 0 Å². The molecule has 2 aliphatic carbocycles. The average molecular weight is 304 g/mol. The third kappa shape index (κ3) is 3.18. The van der Waals surface area contributed by atoms with Crippen molar-refractivity contribution < 1.29 is 9.53 Å². The second-order valence-electron chi connectivity index (χ2n) is 5.95. The van der Waals surface area contributed by atoms with Crippen LogP contribution in [0.15, 0.2) is 24.3 Å². The van der Waals surface area contributed by atoms with Crippen molar-refractivity contribution in [3.05, 3.63) is 29.8 Å². The Kier molecular flexibility index (Phi) is 4.10. The summed E-state index contributed by atoms with van der Waals surface area (Å²) in [5.74, 6) is 1.36. The quantitative estimate of drug-likeness (QED) is 0.664. The van der Waals surface area contributed by atoms with Gasteiger partial charge in [0.25, 0.3) is 0 Å². The van der Waals surface area contributed by atoms with Gasteiger partial charge in [-0.2, -0.15) is 0 Å². The van der Waals surface area contributed by atoms with E-state index in [1.165, 1.54) is 32.8 Å². The standard InChI is InChI=1S/C16H20N2O2S/c1-20-15(19)11-4-6-13(7-5-11)17-16(21)18-14-9-10-2-3-12(14)8-10/h4-7,10,12,14H,2-3,8-9H2,1H3,(H2,17,18,21)/t10-,12+,14-/m0/s1. The Labute approximate surface area is 130 Å². The molecule has 0 heterocycles. The Bertz CT molecular complexity index is 544. The van der Waals surface area contributed by atoms with E-state index in [0.717, 1.165) is 17.5 Å². The number of benzene rings is 1. The summed E-state index contributed by atoms with van der Waals surface area (Å²) in [6.45, 7) is 0. The van der Waals surface area contributed by atoms with E-state index in [2.05, 4.69) is 15.4 Å². The van der Waals surface area contributed by atoms with Crippen molar-refractivity contribution in [1.82, 2.24) is 5.32 Å². The van der Waals surface area contributed by atoms with Crippen LogP contribution in [-0.2, 0) is 4.74 Å². The maximum Gasteiger partial charge on any atom is 0.337 e. The molecule has 3 rings (SSSR count). The molecule has 112 valence electrons. The molecule has 4 nitrogen and oxygen atoms in total. The van der Waals surface area contributed by atoms with E-state index < -0.39 is 0 Å². The Morgan fingerprint density at radius 2 is 2.00 bits per heavy atom. The largest absolute Gasteiger partial charge is 0.465 e. The molecule has 0 aromatic heterocycles. The zero-order chi connectivity index (χ0) is 14.8. The van der Waals surface area contributed by atoms with Gasteiger partial charge in [-0.25, -0.2) is 4.79 Å². The van der Waals surface area contributed by atoms with E-state index in [4.69, 9.17) is 12.2 Å². The van der Waals surface area contributed by atoms with Crippen LogP contribution in [0.5, 0.6) is 0 Å². The first-order chi connectivity index (χ1) is 10.2. The van der Waals surface area contributed by atoms with Crippen molar-refractivity contribution in [2.24, 2.45) is 11.8 Å². The minimum Gasteiger partial charge on any atom is -0.465 e. The number of carbonyl (C=O) groups is 1. The van der Waals surface area contributed by atoms with Crippen LogP contribution in [0.2, 0.25) is 0 Å². The fraction of sp³-hybridized carbons (Fsp3) is 0.500. The van der Waals surface area contributed by atoms with Crippen LogP contribution in [0.1, 0.15) is 36.0 Å². The van der Waals surface area contributed by atoms with Gasteiger partial charge in [0, 0.05) is 11.7 Å². The van der Waals surface area contributed by atoms with Gasteiger partial charge in [0.1, 0.15) is 0 Å². The number of nitrogens with one attached hydrogen (secondary N) is 2. The highest BCUT2D eigenvalue weighted by Crippen LogP contribution is 2.44. The molecule has 0 spiro atoms. The third-order valence-electron chi connectivity index (χ3n) is 4.62. The molecule has 21 heavy (non-hydrogen) atoms. The van der Waals surface area contributed by atoms with Crippen molar-refractivity contribution in [2.45, 2.75) is 31.7 Å². The first-order valence-corrected chi connectivity index (χ1v) is 7.82.